The minimum Gasteiger partial charge on any atom is -0.441 e. The van der Waals surface area contributed by atoms with Gasteiger partial charge in [0, 0.05) is 31.9 Å². The van der Waals surface area contributed by atoms with E-state index in [-0.39, 0.29) is 0 Å². The van der Waals surface area contributed by atoms with Gasteiger partial charge in [-0.15, -0.1) is 0 Å². The van der Waals surface area contributed by atoms with Crippen molar-refractivity contribution in [2.75, 3.05) is 12.4 Å². The minimum atomic E-state index is 0.608. The summed E-state index contributed by atoms with van der Waals surface area (Å²) in [6.45, 7) is 1.84. The zero-order valence-electron chi connectivity index (χ0n) is 10.1. The first kappa shape index (κ1) is 10.7. The van der Waals surface area contributed by atoms with Crippen molar-refractivity contribution in [3.05, 3.63) is 36.5 Å². The van der Waals surface area contributed by atoms with Gasteiger partial charge in [0.15, 0.2) is 11.5 Å². The normalized spacial score (nSPS) is 10.8. The maximum absolute atomic E-state index is 5.44. The van der Waals surface area contributed by atoms with Gasteiger partial charge in [-0.05, 0) is 17.7 Å². The Labute approximate surface area is 104 Å². The summed E-state index contributed by atoms with van der Waals surface area (Å²) in [5, 5.41) is 2.89. The summed E-state index contributed by atoms with van der Waals surface area (Å²) in [6, 6.07) is 5.87. The number of nitrogens with one attached hydrogen (secondary N) is 1. The van der Waals surface area contributed by atoms with Crippen LogP contribution in [0.15, 0.2) is 35.0 Å². The molecule has 2 heterocycles. The Morgan fingerprint density at radius 1 is 1.11 bits per heavy atom. The fourth-order valence-electron chi connectivity index (χ4n) is 1.83. The molecule has 90 valence electrons. The number of aromatic nitrogens is 3. The number of aryl methyl sites for hydroxylation is 1. The third kappa shape index (κ3) is 1.79. The highest BCUT2D eigenvalue weighted by Gasteiger charge is 2.05. The summed E-state index contributed by atoms with van der Waals surface area (Å²) in [7, 11) is 1.79. The van der Waals surface area contributed by atoms with Gasteiger partial charge >= 0.3 is 0 Å². The molecule has 2 aromatic heterocycles. The van der Waals surface area contributed by atoms with E-state index in [0.717, 1.165) is 22.2 Å². The van der Waals surface area contributed by atoms with Gasteiger partial charge in [-0.2, -0.15) is 0 Å². The smallest absolute Gasteiger partial charge is 0.222 e. The van der Waals surface area contributed by atoms with Crippen molar-refractivity contribution in [1.82, 2.24) is 15.0 Å². The van der Waals surface area contributed by atoms with E-state index in [4.69, 9.17) is 4.42 Å². The lowest BCUT2D eigenvalue weighted by Gasteiger charge is -2.01. The van der Waals surface area contributed by atoms with Gasteiger partial charge in [0.1, 0.15) is 5.52 Å². The molecule has 0 amide bonds. The molecule has 0 spiro atoms. The third-order valence-corrected chi connectivity index (χ3v) is 2.70. The number of nitrogens with zero attached hydrogens (tertiary/aromatic N) is 3. The molecule has 5 nitrogen and oxygen atoms in total. The summed E-state index contributed by atoms with van der Waals surface area (Å²) < 4.78 is 5.44. The lowest BCUT2D eigenvalue weighted by molar-refractivity contribution is 0.561. The van der Waals surface area contributed by atoms with Gasteiger partial charge in [0.2, 0.25) is 5.95 Å². The van der Waals surface area contributed by atoms with E-state index in [9.17, 15) is 0 Å². The fourth-order valence-corrected chi connectivity index (χ4v) is 1.83. The highest BCUT2D eigenvalue weighted by molar-refractivity contribution is 5.80. The Morgan fingerprint density at radius 2 is 1.89 bits per heavy atom. The van der Waals surface area contributed by atoms with Crippen LogP contribution >= 0.6 is 0 Å². The zero-order chi connectivity index (χ0) is 12.5. The van der Waals surface area contributed by atoms with Crippen molar-refractivity contribution in [2.45, 2.75) is 6.92 Å². The van der Waals surface area contributed by atoms with Crippen molar-refractivity contribution >= 4 is 17.0 Å². The standard InChI is InChI=1S/C13H12N4O/c1-8-17-11-5-9(3-4-12(11)18-8)10-6-15-13(14-2)16-7-10/h3-7H,1-2H3,(H,14,15,16). The number of fused-ring (bicyclic) bond motifs is 1. The molecular weight excluding hydrogens is 228 g/mol. The van der Waals surface area contributed by atoms with Crippen LogP contribution in [0.3, 0.4) is 0 Å². The number of benzene rings is 1. The molecule has 3 aromatic rings. The van der Waals surface area contributed by atoms with Crippen molar-refractivity contribution in [2.24, 2.45) is 0 Å². The highest BCUT2D eigenvalue weighted by Crippen LogP contribution is 2.24. The van der Waals surface area contributed by atoms with Crippen LogP contribution in [0, 0.1) is 6.92 Å². The molecule has 1 aromatic carbocycles. The molecule has 0 radical (unpaired) electrons. The van der Waals surface area contributed by atoms with E-state index in [2.05, 4.69) is 20.3 Å². The van der Waals surface area contributed by atoms with Crippen molar-refractivity contribution < 1.29 is 4.42 Å². The molecule has 0 saturated heterocycles. The van der Waals surface area contributed by atoms with Gasteiger partial charge < -0.3 is 9.73 Å². The molecular formula is C13H12N4O. The minimum absolute atomic E-state index is 0.608. The van der Waals surface area contributed by atoms with Crippen LogP contribution in [0.1, 0.15) is 5.89 Å². The summed E-state index contributed by atoms with van der Waals surface area (Å²) >= 11 is 0. The molecule has 0 atom stereocenters. The fraction of sp³-hybridized carbons (Fsp3) is 0.154. The average molecular weight is 240 g/mol. The van der Waals surface area contributed by atoms with Crippen LogP contribution in [-0.2, 0) is 0 Å². The first-order valence-electron chi connectivity index (χ1n) is 5.63. The van der Waals surface area contributed by atoms with E-state index in [1.54, 1.807) is 19.4 Å². The lowest BCUT2D eigenvalue weighted by atomic mass is 10.1. The van der Waals surface area contributed by atoms with Crippen LogP contribution in [0.25, 0.3) is 22.2 Å². The van der Waals surface area contributed by atoms with Gasteiger partial charge in [-0.3, -0.25) is 0 Å². The van der Waals surface area contributed by atoms with Crippen molar-refractivity contribution in [3.8, 4) is 11.1 Å². The summed E-state index contributed by atoms with van der Waals surface area (Å²) in [4.78, 5) is 12.7. The summed E-state index contributed by atoms with van der Waals surface area (Å²) in [5.41, 5.74) is 3.63. The van der Waals surface area contributed by atoms with E-state index in [1.165, 1.54) is 0 Å². The third-order valence-electron chi connectivity index (χ3n) is 2.70. The average Bonchev–Trinajstić information content (AvgIpc) is 2.78. The monoisotopic (exact) mass is 240 g/mol. The summed E-state index contributed by atoms with van der Waals surface area (Å²) in [5.74, 6) is 1.28. The molecule has 0 aliphatic carbocycles. The van der Waals surface area contributed by atoms with E-state index >= 15 is 0 Å². The molecule has 1 N–H and O–H groups in total. The van der Waals surface area contributed by atoms with Crippen molar-refractivity contribution in [3.63, 3.8) is 0 Å². The van der Waals surface area contributed by atoms with Crippen LogP contribution in [0.5, 0.6) is 0 Å². The maximum atomic E-state index is 5.44. The van der Waals surface area contributed by atoms with Crippen LogP contribution in [0.2, 0.25) is 0 Å². The largest absolute Gasteiger partial charge is 0.441 e. The lowest BCUT2D eigenvalue weighted by Crippen LogP contribution is -1.95. The molecule has 18 heavy (non-hydrogen) atoms. The quantitative estimate of drug-likeness (QED) is 0.746. The molecule has 0 aliphatic rings. The highest BCUT2D eigenvalue weighted by atomic mass is 16.3. The number of oxazole rings is 1. The Balaban J connectivity index is 2.06. The topological polar surface area (TPSA) is 63.8 Å². The number of hydrogen-bond donors (Lipinski definition) is 1. The van der Waals surface area contributed by atoms with Gasteiger partial charge in [-0.25, -0.2) is 15.0 Å². The zero-order valence-corrected chi connectivity index (χ0v) is 10.1. The van der Waals surface area contributed by atoms with Gasteiger partial charge in [0.05, 0.1) is 0 Å². The second-order valence-electron chi connectivity index (χ2n) is 3.96. The second kappa shape index (κ2) is 4.10. The van der Waals surface area contributed by atoms with Crippen molar-refractivity contribution in [1.29, 1.82) is 0 Å². The van der Waals surface area contributed by atoms with Gasteiger partial charge in [-0.1, -0.05) is 6.07 Å². The number of hydrogen-bond acceptors (Lipinski definition) is 5. The molecule has 0 unspecified atom stereocenters. The first-order valence-corrected chi connectivity index (χ1v) is 5.63. The first-order chi connectivity index (χ1) is 8.76. The molecule has 3 rings (SSSR count). The van der Waals surface area contributed by atoms with Crippen LogP contribution in [0.4, 0.5) is 5.95 Å². The van der Waals surface area contributed by atoms with Crippen LogP contribution in [-0.4, -0.2) is 22.0 Å². The molecule has 5 heteroatoms. The Bertz CT molecular complexity index is 688. The number of rotatable bonds is 2. The van der Waals surface area contributed by atoms with Crippen LogP contribution < -0.4 is 5.32 Å². The van der Waals surface area contributed by atoms with Gasteiger partial charge in [0.25, 0.3) is 0 Å². The Kier molecular flexibility index (Phi) is 2.44. The van der Waals surface area contributed by atoms with E-state index in [0.29, 0.717) is 11.8 Å². The predicted octanol–water partition coefficient (Wildman–Crippen LogP) is 2.63. The molecule has 0 aliphatic heterocycles. The predicted molar refractivity (Wildman–Crippen MR) is 69.3 cm³/mol. The maximum Gasteiger partial charge on any atom is 0.222 e. The molecule has 0 bridgehead atoms. The van der Waals surface area contributed by atoms with E-state index < -0.39 is 0 Å². The van der Waals surface area contributed by atoms with E-state index in [1.807, 2.05) is 25.1 Å². The molecule has 0 fully saturated rings. The SMILES string of the molecule is CNc1ncc(-c2ccc3oc(C)nc3c2)cn1. The Morgan fingerprint density at radius 3 is 2.61 bits per heavy atom. The second-order valence-corrected chi connectivity index (χ2v) is 3.96. The number of anilines is 1. The Hall–Kier alpha value is -2.43. The summed E-state index contributed by atoms with van der Waals surface area (Å²) in [6.07, 6.45) is 3.57. The molecule has 0 saturated carbocycles.